The Morgan fingerprint density at radius 3 is 2.90 bits per heavy atom. The lowest BCUT2D eigenvalue weighted by atomic mass is 10.0. The molecule has 1 unspecified atom stereocenters. The van der Waals surface area contributed by atoms with Gasteiger partial charge in [-0.15, -0.1) is 11.8 Å². The highest BCUT2D eigenvalue weighted by atomic mass is 32.2. The van der Waals surface area contributed by atoms with Gasteiger partial charge in [-0.3, -0.25) is 0 Å². The zero-order valence-corrected chi connectivity index (χ0v) is 12.7. The molecular weight excluding hydrogens is 266 g/mol. The van der Waals surface area contributed by atoms with Crippen LogP contribution in [-0.4, -0.2) is 12.9 Å². The molecule has 2 nitrogen and oxygen atoms in total. The zero-order chi connectivity index (χ0) is 13.9. The third-order valence-corrected chi connectivity index (χ3v) is 4.49. The summed E-state index contributed by atoms with van der Waals surface area (Å²) in [6.07, 6.45) is 3.13. The van der Waals surface area contributed by atoms with E-state index in [4.69, 9.17) is 4.74 Å². The van der Waals surface area contributed by atoms with Crippen molar-refractivity contribution in [2.75, 3.05) is 18.2 Å². The Kier molecular flexibility index (Phi) is 3.88. The van der Waals surface area contributed by atoms with Gasteiger partial charge in [-0.05, 0) is 48.6 Å². The molecule has 3 rings (SSSR count). The molecule has 1 aliphatic rings. The molecule has 0 bridgehead atoms. The average molecular weight is 285 g/mol. The highest BCUT2D eigenvalue weighted by Crippen LogP contribution is 2.31. The topological polar surface area (TPSA) is 21.3 Å². The maximum atomic E-state index is 5.56. The molecule has 1 atom stereocenters. The summed E-state index contributed by atoms with van der Waals surface area (Å²) in [5, 5.41) is 3.61. The van der Waals surface area contributed by atoms with Gasteiger partial charge >= 0.3 is 0 Å². The van der Waals surface area contributed by atoms with Crippen LogP contribution in [0.15, 0.2) is 47.4 Å². The number of ether oxygens (including phenoxy) is 1. The molecule has 104 valence electrons. The summed E-state index contributed by atoms with van der Waals surface area (Å²) >= 11 is 1.77. The monoisotopic (exact) mass is 285 g/mol. The second-order valence-electron chi connectivity index (χ2n) is 5.03. The van der Waals surface area contributed by atoms with Gasteiger partial charge < -0.3 is 10.1 Å². The first-order valence-electron chi connectivity index (χ1n) is 6.93. The molecule has 0 amide bonds. The molecule has 0 spiro atoms. The molecule has 20 heavy (non-hydrogen) atoms. The number of nitrogens with one attached hydrogen (secondary N) is 1. The summed E-state index contributed by atoms with van der Waals surface area (Å²) in [6.45, 7) is 3.02. The minimum atomic E-state index is 0.286. The quantitative estimate of drug-likeness (QED) is 0.835. The lowest BCUT2D eigenvalue weighted by Gasteiger charge is -2.18. The van der Waals surface area contributed by atoms with E-state index >= 15 is 0 Å². The molecular formula is C17H19NOS. The van der Waals surface area contributed by atoms with Gasteiger partial charge in [-0.1, -0.05) is 18.2 Å². The number of hydrogen-bond donors (Lipinski definition) is 1. The predicted octanol–water partition coefficient (Wildman–Crippen LogP) is 4.52. The van der Waals surface area contributed by atoms with E-state index in [-0.39, 0.29) is 6.04 Å². The molecule has 0 fully saturated rings. The molecule has 0 aliphatic carbocycles. The number of fused-ring (bicyclic) bond motifs is 1. The molecule has 0 radical (unpaired) electrons. The normalized spacial score (nSPS) is 14.5. The van der Waals surface area contributed by atoms with Gasteiger partial charge in [0.15, 0.2) is 0 Å². The number of para-hydroxylation sites is 1. The Bertz CT molecular complexity index is 612. The fourth-order valence-electron chi connectivity index (χ4n) is 2.56. The predicted molar refractivity (Wildman–Crippen MR) is 85.9 cm³/mol. The van der Waals surface area contributed by atoms with Crippen molar-refractivity contribution in [2.24, 2.45) is 0 Å². The Hall–Kier alpha value is -1.61. The van der Waals surface area contributed by atoms with Gasteiger partial charge in [0, 0.05) is 23.0 Å². The lowest BCUT2D eigenvalue weighted by Crippen LogP contribution is -2.07. The van der Waals surface area contributed by atoms with Crippen LogP contribution in [0.25, 0.3) is 0 Å². The summed E-state index contributed by atoms with van der Waals surface area (Å²) in [5.41, 5.74) is 3.84. The first-order chi connectivity index (χ1) is 9.78. The molecule has 1 N–H and O–H groups in total. The Morgan fingerprint density at radius 2 is 2.05 bits per heavy atom. The van der Waals surface area contributed by atoms with Crippen LogP contribution < -0.4 is 10.1 Å². The number of rotatable bonds is 4. The van der Waals surface area contributed by atoms with Crippen LogP contribution >= 0.6 is 11.8 Å². The molecule has 1 heterocycles. The molecule has 0 aromatic heterocycles. The molecule has 1 aliphatic heterocycles. The van der Waals surface area contributed by atoms with Gasteiger partial charge in [0.1, 0.15) is 5.75 Å². The van der Waals surface area contributed by atoms with Crippen LogP contribution in [0.2, 0.25) is 0 Å². The van der Waals surface area contributed by atoms with Crippen molar-refractivity contribution in [1.82, 2.24) is 0 Å². The Morgan fingerprint density at radius 1 is 1.20 bits per heavy atom. The van der Waals surface area contributed by atoms with E-state index < -0.39 is 0 Å². The van der Waals surface area contributed by atoms with Gasteiger partial charge in [0.05, 0.1) is 6.61 Å². The van der Waals surface area contributed by atoms with Crippen molar-refractivity contribution >= 4 is 17.4 Å². The number of hydrogen-bond acceptors (Lipinski definition) is 3. The summed E-state index contributed by atoms with van der Waals surface area (Å²) in [6, 6.07) is 15.2. The number of thioether (sulfide) groups is 1. The van der Waals surface area contributed by atoms with E-state index in [0.29, 0.717) is 0 Å². The standard InChI is InChI=1S/C17H19NOS/c1-12(18-15-5-3-4-6-17(15)20-2)13-7-8-16-14(11-13)9-10-19-16/h3-8,11-12,18H,9-10H2,1-2H3. The van der Waals surface area contributed by atoms with Crippen LogP contribution in [0.5, 0.6) is 5.75 Å². The molecule has 3 heteroatoms. The smallest absolute Gasteiger partial charge is 0.122 e. The van der Waals surface area contributed by atoms with E-state index in [9.17, 15) is 0 Å². The van der Waals surface area contributed by atoms with E-state index in [0.717, 1.165) is 18.8 Å². The first kappa shape index (κ1) is 13.4. The SMILES string of the molecule is CSc1ccccc1NC(C)c1ccc2c(c1)CCO2. The Labute approximate surface area is 124 Å². The number of benzene rings is 2. The zero-order valence-electron chi connectivity index (χ0n) is 11.8. The van der Waals surface area contributed by atoms with Gasteiger partial charge in [-0.2, -0.15) is 0 Å². The van der Waals surface area contributed by atoms with E-state index in [1.165, 1.54) is 21.7 Å². The second kappa shape index (κ2) is 5.80. The van der Waals surface area contributed by atoms with Gasteiger partial charge in [0.25, 0.3) is 0 Å². The second-order valence-corrected chi connectivity index (χ2v) is 5.88. The van der Waals surface area contributed by atoms with Crippen LogP contribution in [0.1, 0.15) is 24.1 Å². The van der Waals surface area contributed by atoms with Crippen molar-refractivity contribution in [3.05, 3.63) is 53.6 Å². The van der Waals surface area contributed by atoms with Gasteiger partial charge in [0.2, 0.25) is 0 Å². The van der Waals surface area contributed by atoms with Crippen molar-refractivity contribution in [3.63, 3.8) is 0 Å². The summed E-state index contributed by atoms with van der Waals surface area (Å²) < 4.78 is 5.56. The van der Waals surface area contributed by atoms with Crippen LogP contribution in [0.3, 0.4) is 0 Å². The molecule has 0 saturated carbocycles. The van der Waals surface area contributed by atoms with Crippen molar-refractivity contribution in [2.45, 2.75) is 24.3 Å². The van der Waals surface area contributed by atoms with Crippen LogP contribution in [0.4, 0.5) is 5.69 Å². The summed E-state index contributed by atoms with van der Waals surface area (Å²) in [4.78, 5) is 1.28. The molecule has 2 aromatic carbocycles. The highest BCUT2D eigenvalue weighted by molar-refractivity contribution is 7.98. The summed E-state index contributed by atoms with van der Waals surface area (Å²) in [5.74, 6) is 1.05. The maximum absolute atomic E-state index is 5.56. The van der Waals surface area contributed by atoms with E-state index in [1.807, 2.05) is 0 Å². The van der Waals surface area contributed by atoms with Gasteiger partial charge in [-0.25, -0.2) is 0 Å². The van der Waals surface area contributed by atoms with Crippen LogP contribution in [-0.2, 0) is 6.42 Å². The third-order valence-electron chi connectivity index (χ3n) is 3.69. The van der Waals surface area contributed by atoms with Crippen molar-refractivity contribution < 1.29 is 4.74 Å². The third kappa shape index (κ3) is 2.63. The molecule has 0 saturated heterocycles. The van der Waals surface area contributed by atoms with Crippen molar-refractivity contribution in [1.29, 1.82) is 0 Å². The Balaban J connectivity index is 1.81. The largest absolute Gasteiger partial charge is 0.493 e. The minimum absolute atomic E-state index is 0.286. The fourth-order valence-corrected chi connectivity index (χ4v) is 3.12. The van der Waals surface area contributed by atoms with E-state index in [1.54, 1.807) is 11.8 Å². The van der Waals surface area contributed by atoms with Crippen molar-refractivity contribution in [3.8, 4) is 5.75 Å². The molecule has 2 aromatic rings. The van der Waals surface area contributed by atoms with Crippen LogP contribution in [0, 0.1) is 0 Å². The lowest BCUT2D eigenvalue weighted by molar-refractivity contribution is 0.357. The van der Waals surface area contributed by atoms with E-state index in [2.05, 4.69) is 61.0 Å². The fraction of sp³-hybridized carbons (Fsp3) is 0.294. The number of anilines is 1. The maximum Gasteiger partial charge on any atom is 0.122 e. The minimum Gasteiger partial charge on any atom is -0.493 e. The highest BCUT2D eigenvalue weighted by Gasteiger charge is 2.15. The first-order valence-corrected chi connectivity index (χ1v) is 8.15. The summed E-state index contributed by atoms with van der Waals surface area (Å²) in [7, 11) is 0. The average Bonchev–Trinajstić information content (AvgIpc) is 2.95.